The predicted molar refractivity (Wildman–Crippen MR) is 75.7 cm³/mol. The van der Waals surface area contributed by atoms with Gasteiger partial charge in [0.2, 0.25) is 5.91 Å². The van der Waals surface area contributed by atoms with Crippen molar-refractivity contribution >= 4 is 5.91 Å². The molecule has 2 atom stereocenters. The minimum atomic E-state index is 0.218. The molecule has 1 heterocycles. The van der Waals surface area contributed by atoms with Crippen molar-refractivity contribution < 1.29 is 9.53 Å². The Morgan fingerprint density at radius 1 is 1.26 bits per heavy atom. The Kier molecular flexibility index (Phi) is 5.64. The summed E-state index contributed by atoms with van der Waals surface area (Å²) < 4.78 is 5.37. The molecule has 1 aliphatic heterocycles. The molecule has 0 aromatic rings. The first-order chi connectivity index (χ1) is 9.19. The molecular weight excluding hydrogens is 240 g/mol. The van der Waals surface area contributed by atoms with Crippen molar-refractivity contribution in [2.24, 2.45) is 23.5 Å². The maximum atomic E-state index is 12.1. The van der Waals surface area contributed by atoms with Gasteiger partial charge in [-0.3, -0.25) is 4.79 Å². The Hall–Kier alpha value is -0.610. The fourth-order valence-corrected chi connectivity index (χ4v) is 3.31. The van der Waals surface area contributed by atoms with Crippen LogP contribution in [0.1, 0.15) is 45.4 Å². The average Bonchev–Trinajstić information content (AvgIpc) is 2.93. The summed E-state index contributed by atoms with van der Waals surface area (Å²) in [7, 11) is 0. The zero-order valence-electron chi connectivity index (χ0n) is 12.1. The number of carbonyl (C=O) groups is 1. The minimum absolute atomic E-state index is 0.218. The van der Waals surface area contributed by atoms with E-state index in [1.807, 2.05) is 0 Å². The van der Waals surface area contributed by atoms with Gasteiger partial charge in [0.15, 0.2) is 0 Å². The third-order valence-electron chi connectivity index (χ3n) is 4.83. The average molecular weight is 268 g/mol. The van der Waals surface area contributed by atoms with E-state index in [2.05, 4.69) is 12.2 Å². The molecular formula is C15H28N2O2. The molecule has 0 radical (unpaired) electrons. The highest BCUT2D eigenvalue weighted by atomic mass is 16.5. The van der Waals surface area contributed by atoms with Crippen molar-refractivity contribution in [1.82, 2.24) is 5.32 Å². The molecule has 2 unspecified atom stereocenters. The number of ether oxygens (including phenoxy) is 1. The third-order valence-corrected chi connectivity index (χ3v) is 4.83. The number of hydrogen-bond donors (Lipinski definition) is 2. The number of rotatable bonds is 5. The van der Waals surface area contributed by atoms with Gasteiger partial charge in [0.25, 0.3) is 0 Å². The van der Waals surface area contributed by atoms with Crippen LogP contribution in [0.25, 0.3) is 0 Å². The van der Waals surface area contributed by atoms with Crippen molar-refractivity contribution in [3.63, 3.8) is 0 Å². The lowest BCUT2D eigenvalue weighted by Crippen LogP contribution is -2.39. The maximum Gasteiger partial charge on any atom is 0.220 e. The van der Waals surface area contributed by atoms with E-state index in [4.69, 9.17) is 10.5 Å². The molecule has 2 fully saturated rings. The predicted octanol–water partition coefficient (Wildman–Crippen LogP) is 1.68. The van der Waals surface area contributed by atoms with Crippen LogP contribution in [0.4, 0.5) is 0 Å². The number of nitrogens with two attached hydrogens (primary N) is 1. The first-order valence-electron chi connectivity index (χ1n) is 7.76. The van der Waals surface area contributed by atoms with E-state index < -0.39 is 0 Å². The standard InChI is InChI=1S/C15H28N2O2/c1-11(14-6-7-19-10-14)17-15(18)8-12-2-4-13(9-16)5-3-12/h11-14H,2-10,16H2,1H3,(H,17,18). The lowest BCUT2D eigenvalue weighted by molar-refractivity contribution is -0.123. The van der Waals surface area contributed by atoms with Crippen LogP contribution in [0.3, 0.4) is 0 Å². The Morgan fingerprint density at radius 2 is 1.95 bits per heavy atom. The molecule has 0 spiro atoms. The first-order valence-corrected chi connectivity index (χ1v) is 7.76. The zero-order chi connectivity index (χ0) is 13.7. The second-order valence-corrected chi connectivity index (χ2v) is 6.31. The van der Waals surface area contributed by atoms with Gasteiger partial charge >= 0.3 is 0 Å². The quantitative estimate of drug-likeness (QED) is 0.797. The van der Waals surface area contributed by atoms with Gasteiger partial charge < -0.3 is 15.8 Å². The summed E-state index contributed by atoms with van der Waals surface area (Å²) in [5.41, 5.74) is 5.69. The molecule has 1 saturated carbocycles. The molecule has 2 aliphatic rings. The van der Waals surface area contributed by atoms with Gasteiger partial charge in [-0.15, -0.1) is 0 Å². The van der Waals surface area contributed by atoms with Crippen LogP contribution in [-0.4, -0.2) is 31.7 Å². The lowest BCUT2D eigenvalue weighted by atomic mass is 9.80. The highest BCUT2D eigenvalue weighted by Crippen LogP contribution is 2.30. The van der Waals surface area contributed by atoms with E-state index in [0.717, 1.165) is 39.0 Å². The topological polar surface area (TPSA) is 64.4 Å². The lowest BCUT2D eigenvalue weighted by Gasteiger charge is -2.28. The Labute approximate surface area is 116 Å². The molecule has 2 rings (SSSR count). The SMILES string of the molecule is CC(NC(=O)CC1CCC(CN)CC1)C1CCOC1. The molecule has 110 valence electrons. The summed E-state index contributed by atoms with van der Waals surface area (Å²) in [4.78, 5) is 12.1. The number of hydrogen-bond acceptors (Lipinski definition) is 3. The molecule has 1 amide bonds. The van der Waals surface area contributed by atoms with Crippen LogP contribution in [-0.2, 0) is 9.53 Å². The van der Waals surface area contributed by atoms with Gasteiger partial charge in [0, 0.05) is 25.0 Å². The Morgan fingerprint density at radius 3 is 2.53 bits per heavy atom. The van der Waals surface area contributed by atoms with E-state index in [0.29, 0.717) is 24.2 Å². The van der Waals surface area contributed by atoms with E-state index in [1.54, 1.807) is 0 Å². The molecule has 0 aromatic heterocycles. The Bertz CT molecular complexity index is 282. The van der Waals surface area contributed by atoms with Crippen molar-refractivity contribution in [3.8, 4) is 0 Å². The summed E-state index contributed by atoms with van der Waals surface area (Å²) in [6, 6.07) is 0.246. The van der Waals surface area contributed by atoms with Gasteiger partial charge in [0.1, 0.15) is 0 Å². The number of nitrogens with one attached hydrogen (secondary N) is 1. The summed E-state index contributed by atoms with van der Waals surface area (Å²) in [6.07, 6.45) is 6.48. The van der Waals surface area contributed by atoms with Crippen LogP contribution in [0.2, 0.25) is 0 Å². The van der Waals surface area contributed by atoms with Crippen LogP contribution in [0.15, 0.2) is 0 Å². The van der Waals surface area contributed by atoms with E-state index in [1.165, 1.54) is 12.8 Å². The van der Waals surface area contributed by atoms with E-state index in [-0.39, 0.29) is 11.9 Å². The van der Waals surface area contributed by atoms with Crippen molar-refractivity contribution in [1.29, 1.82) is 0 Å². The largest absolute Gasteiger partial charge is 0.381 e. The van der Waals surface area contributed by atoms with Gasteiger partial charge in [-0.2, -0.15) is 0 Å². The molecule has 19 heavy (non-hydrogen) atoms. The first kappa shape index (κ1) is 14.8. The molecule has 4 heteroatoms. The van der Waals surface area contributed by atoms with Gasteiger partial charge in [-0.05, 0) is 57.4 Å². The fraction of sp³-hybridized carbons (Fsp3) is 0.933. The highest BCUT2D eigenvalue weighted by Gasteiger charge is 2.26. The summed E-state index contributed by atoms with van der Waals surface area (Å²) in [5, 5.41) is 3.15. The summed E-state index contributed by atoms with van der Waals surface area (Å²) >= 11 is 0. The van der Waals surface area contributed by atoms with Crippen molar-refractivity contribution in [2.45, 2.75) is 51.5 Å². The highest BCUT2D eigenvalue weighted by molar-refractivity contribution is 5.76. The van der Waals surface area contributed by atoms with E-state index >= 15 is 0 Å². The molecule has 1 saturated heterocycles. The van der Waals surface area contributed by atoms with Crippen LogP contribution < -0.4 is 11.1 Å². The van der Waals surface area contributed by atoms with Crippen molar-refractivity contribution in [3.05, 3.63) is 0 Å². The zero-order valence-corrected chi connectivity index (χ0v) is 12.1. The minimum Gasteiger partial charge on any atom is -0.381 e. The second kappa shape index (κ2) is 7.25. The summed E-state index contributed by atoms with van der Waals surface area (Å²) in [6.45, 7) is 4.54. The van der Waals surface area contributed by atoms with Gasteiger partial charge in [0.05, 0.1) is 6.61 Å². The number of carbonyl (C=O) groups excluding carboxylic acids is 1. The second-order valence-electron chi connectivity index (χ2n) is 6.31. The molecule has 0 bridgehead atoms. The van der Waals surface area contributed by atoms with Crippen molar-refractivity contribution in [2.75, 3.05) is 19.8 Å². The van der Waals surface area contributed by atoms with Gasteiger partial charge in [-0.25, -0.2) is 0 Å². The van der Waals surface area contributed by atoms with Crippen LogP contribution in [0, 0.1) is 17.8 Å². The van der Waals surface area contributed by atoms with Crippen LogP contribution >= 0.6 is 0 Å². The summed E-state index contributed by atoms with van der Waals surface area (Å²) in [5.74, 6) is 1.97. The van der Waals surface area contributed by atoms with Crippen LogP contribution in [0.5, 0.6) is 0 Å². The normalized spacial score (nSPS) is 33.1. The number of amides is 1. The molecule has 0 aromatic carbocycles. The monoisotopic (exact) mass is 268 g/mol. The third kappa shape index (κ3) is 4.46. The molecule has 4 nitrogen and oxygen atoms in total. The van der Waals surface area contributed by atoms with Gasteiger partial charge in [-0.1, -0.05) is 0 Å². The smallest absolute Gasteiger partial charge is 0.220 e. The maximum absolute atomic E-state index is 12.1. The van der Waals surface area contributed by atoms with E-state index in [9.17, 15) is 4.79 Å². The molecule has 3 N–H and O–H groups in total. The Balaban J connectivity index is 1.66. The fourth-order valence-electron chi connectivity index (χ4n) is 3.31. The molecule has 1 aliphatic carbocycles.